The Bertz CT molecular complexity index is 671. The van der Waals surface area contributed by atoms with Gasteiger partial charge in [-0.1, -0.05) is 29.8 Å². The van der Waals surface area contributed by atoms with Gasteiger partial charge in [-0.3, -0.25) is 19.8 Å². The summed E-state index contributed by atoms with van der Waals surface area (Å²) in [4.78, 5) is 48.2. The van der Waals surface area contributed by atoms with Crippen molar-refractivity contribution in [3.8, 4) is 0 Å². The normalized spacial score (nSPS) is 20.2. The van der Waals surface area contributed by atoms with Gasteiger partial charge in [0.15, 0.2) is 0 Å². The Labute approximate surface area is 133 Å². The minimum atomic E-state index is -1.24. The van der Waals surface area contributed by atoms with E-state index in [1.807, 2.05) is 24.4 Å². The molecule has 1 aliphatic rings. The highest BCUT2D eigenvalue weighted by Crippen LogP contribution is 2.28. The quantitative estimate of drug-likeness (QED) is 0.693. The van der Waals surface area contributed by atoms with Gasteiger partial charge in [-0.25, -0.2) is 9.59 Å². The molecule has 1 atom stereocenters. The molecule has 1 unspecified atom stereocenters. The zero-order chi connectivity index (χ0) is 17.2. The van der Waals surface area contributed by atoms with Gasteiger partial charge < -0.3 is 10.6 Å². The number of imide groups is 2. The fourth-order valence-corrected chi connectivity index (χ4v) is 2.30. The Morgan fingerprint density at radius 1 is 1.22 bits per heavy atom. The van der Waals surface area contributed by atoms with E-state index in [-0.39, 0.29) is 0 Å². The first-order valence-electron chi connectivity index (χ1n) is 7.00. The number of rotatable bonds is 3. The number of nitrogens with zero attached hydrogens (tertiary/aromatic N) is 1. The van der Waals surface area contributed by atoms with Crippen LogP contribution in [0, 0.1) is 6.92 Å². The third-order valence-electron chi connectivity index (χ3n) is 3.69. The van der Waals surface area contributed by atoms with Crippen molar-refractivity contribution >= 4 is 23.9 Å². The van der Waals surface area contributed by atoms with Crippen LogP contribution in [-0.2, 0) is 15.1 Å². The fraction of sp³-hybridized carbons (Fsp3) is 0.333. The second kappa shape index (κ2) is 6.07. The van der Waals surface area contributed by atoms with Gasteiger partial charge in [-0.2, -0.15) is 0 Å². The zero-order valence-electron chi connectivity index (χ0n) is 13.1. The molecule has 1 fully saturated rings. The molecule has 23 heavy (non-hydrogen) atoms. The Morgan fingerprint density at radius 2 is 1.83 bits per heavy atom. The zero-order valence-corrected chi connectivity index (χ0v) is 13.1. The van der Waals surface area contributed by atoms with Gasteiger partial charge in [0.1, 0.15) is 12.1 Å². The average molecular weight is 318 g/mol. The van der Waals surface area contributed by atoms with Gasteiger partial charge in [0.2, 0.25) is 5.91 Å². The van der Waals surface area contributed by atoms with Crippen LogP contribution in [-0.4, -0.2) is 42.4 Å². The number of benzene rings is 1. The summed E-state index contributed by atoms with van der Waals surface area (Å²) < 4.78 is 0. The number of hydrogen-bond donors (Lipinski definition) is 3. The average Bonchev–Trinajstić information content (AvgIpc) is 2.72. The number of amides is 6. The summed E-state index contributed by atoms with van der Waals surface area (Å²) in [6, 6.07) is 5.79. The molecule has 8 nitrogen and oxygen atoms in total. The lowest BCUT2D eigenvalue weighted by Crippen LogP contribution is -2.46. The number of nitrogens with one attached hydrogen (secondary N) is 3. The number of aryl methyl sites for hydroxylation is 1. The first-order valence-corrected chi connectivity index (χ1v) is 7.00. The van der Waals surface area contributed by atoms with E-state index in [2.05, 4.69) is 10.6 Å². The predicted molar refractivity (Wildman–Crippen MR) is 81.4 cm³/mol. The lowest BCUT2D eigenvalue weighted by Gasteiger charge is -2.22. The van der Waals surface area contributed by atoms with E-state index >= 15 is 0 Å². The summed E-state index contributed by atoms with van der Waals surface area (Å²) >= 11 is 0. The van der Waals surface area contributed by atoms with Crippen LogP contribution in [0.3, 0.4) is 0 Å². The van der Waals surface area contributed by atoms with Crippen molar-refractivity contribution in [3.63, 3.8) is 0 Å². The Balaban J connectivity index is 2.17. The van der Waals surface area contributed by atoms with E-state index in [9.17, 15) is 19.2 Å². The van der Waals surface area contributed by atoms with Crippen LogP contribution in [0.25, 0.3) is 0 Å². The topological polar surface area (TPSA) is 108 Å². The molecular formula is C15H18N4O4. The maximum atomic E-state index is 12.6. The molecule has 6 amide bonds. The SMILES string of the molecule is CNC(=O)NC(=O)CN1C(=O)NC(C)(c2ccc(C)cc2)C1=O. The monoisotopic (exact) mass is 318 g/mol. The third-order valence-corrected chi connectivity index (χ3v) is 3.69. The van der Waals surface area contributed by atoms with Crippen molar-refractivity contribution < 1.29 is 19.2 Å². The van der Waals surface area contributed by atoms with Crippen molar-refractivity contribution in [1.82, 2.24) is 20.9 Å². The van der Waals surface area contributed by atoms with Gasteiger partial charge in [-0.15, -0.1) is 0 Å². The number of urea groups is 2. The van der Waals surface area contributed by atoms with Gasteiger partial charge in [0, 0.05) is 7.05 Å². The molecule has 0 aromatic heterocycles. The maximum Gasteiger partial charge on any atom is 0.325 e. The van der Waals surface area contributed by atoms with Crippen molar-refractivity contribution in [1.29, 1.82) is 0 Å². The van der Waals surface area contributed by atoms with Crippen molar-refractivity contribution in [2.75, 3.05) is 13.6 Å². The molecule has 1 aromatic carbocycles. The molecule has 3 N–H and O–H groups in total. The minimum Gasteiger partial charge on any atom is -0.341 e. The summed E-state index contributed by atoms with van der Waals surface area (Å²) in [5.74, 6) is -1.29. The van der Waals surface area contributed by atoms with Crippen LogP contribution in [0.1, 0.15) is 18.1 Å². The van der Waals surface area contributed by atoms with E-state index in [0.29, 0.717) is 5.56 Å². The van der Waals surface area contributed by atoms with Gasteiger partial charge in [-0.05, 0) is 19.4 Å². The highest BCUT2D eigenvalue weighted by Gasteiger charge is 2.49. The summed E-state index contributed by atoms with van der Waals surface area (Å²) in [6.07, 6.45) is 0. The minimum absolute atomic E-state index is 0.528. The second-order valence-corrected chi connectivity index (χ2v) is 5.44. The standard InChI is InChI=1S/C15H18N4O4/c1-9-4-6-10(7-5-9)15(2)12(21)19(14(23)18-15)8-11(20)17-13(22)16-3/h4-7H,8H2,1-3H3,(H,18,23)(H2,16,17,20,22). The van der Waals surface area contributed by atoms with E-state index < -0.39 is 36.0 Å². The fourth-order valence-electron chi connectivity index (χ4n) is 2.30. The van der Waals surface area contributed by atoms with Crippen LogP contribution in [0.2, 0.25) is 0 Å². The summed E-state index contributed by atoms with van der Waals surface area (Å²) in [6.45, 7) is 2.96. The van der Waals surface area contributed by atoms with Crippen molar-refractivity contribution in [2.24, 2.45) is 0 Å². The molecule has 1 heterocycles. The molecule has 1 aromatic rings. The van der Waals surface area contributed by atoms with E-state index in [4.69, 9.17) is 0 Å². The Hall–Kier alpha value is -2.90. The van der Waals surface area contributed by atoms with Gasteiger partial charge >= 0.3 is 12.1 Å². The molecule has 0 bridgehead atoms. The summed E-state index contributed by atoms with van der Waals surface area (Å²) in [5.41, 5.74) is 0.407. The van der Waals surface area contributed by atoms with Crippen molar-refractivity contribution in [2.45, 2.75) is 19.4 Å². The first kappa shape index (κ1) is 16.5. The molecule has 122 valence electrons. The Morgan fingerprint density at radius 3 is 2.39 bits per heavy atom. The number of carbonyl (C=O) groups excluding carboxylic acids is 4. The summed E-state index contributed by atoms with van der Waals surface area (Å²) in [5, 5.41) is 6.82. The Kier molecular flexibility index (Phi) is 4.35. The number of carbonyl (C=O) groups is 4. The molecule has 1 saturated heterocycles. The molecule has 2 rings (SSSR count). The van der Waals surface area contributed by atoms with E-state index in [0.717, 1.165) is 10.5 Å². The van der Waals surface area contributed by atoms with Gasteiger partial charge in [0.25, 0.3) is 5.91 Å². The molecule has 0 aliphatic carbocycles. The highest BCUT2D eigenvalue weighted by atomic mass is 16.2. The lowest BCUT2D eigenvalue weighted by atomic mass is 9.91. The predicted octanol–water partition coefficient (Wildman–Crippen LogP) is 0.218. The van der Waals surface area contributed by atoms with Crippen LogP contribution < -0.4 is 16.0 Å². The smallest absolute Gasteiger partial charge is 0.325 e. The second-order valence-electron chi connectivity index (χ2n) is 5.44. The van der Waals surface area contributed by atoms with Crippen LogP contribution >= 0.6 is 0 Å². The molecule has 0 saturated carbocycles. The third kappa shape index (κ3) is 3.15. The summed E-state index contributed by atoms with van der Waals surface area (Å²) in [7, 11) is 1.35. The molecule has 0 radical (unpaired) electrons. The van der Waals surface area contributed by atoms with Crippen LogP contribution in [0.15, 0.2) is 24.3 Å². The lowest BCUT2D eigenvalue weighted by molar-refractivity contribution is -0.134. The largest absolute Gasteiger partial charge is 0.341 e. The van der Waals surface area contributed by atoms with Gasteiger partial charge in [0.05, 0.1) is 0 Å². The maximum absolute atomic E-state index is 12.6. The van der Waals surface area contributed by atoms with E-state index in [1.54, 1.807) is 19.1 Å². The number of hydrogen-bond acceptors (Lipinski definition) is 4. The first-order chi connectivity index (χ1) is 10.8. The molecule has 0 spiro atoms. The van der Waals surface area contributed by atoms with Crippen molar-refractivity contribution in [3.05, 3.63) is 35.4 Å². The van der Waals surface area contributed by atoms with Crippen LogP contribution in [0.4, 0.5) is 9.59 Å². The molecule has 8 heteroatoms. The van der Waals surface area contributed by atoms with Crippen LogP contribution in [0.5, 0.6) is 0 Å². The van der Waals surface area contributed by atoms with E-state index in [1.165, 1.54) is 7.05 Å². The molecule has 1 aliphatic heterocycles. The molecular weight excluding hydrogens is 300 g/mol. The highest BCUT2D eigenvalue weighted by molar-refractivity contribution is 6.10.